The molecule has 2 N–H and O–H groups in total. The van der Waals surface area contributed by atoms with Gasteiger partial charge < -0.3 is 10.4 Å². The molecule has 1 saturated heterocycles. The van der Waals surface area contributed by atoms with Crippen molar-refractivity contribution in [3.05, 3.63) is 58.1 Å². The van der Waals surface area contributed by atoms with Gasteiger partial charge >= 0.3 is 5.97 Å². The van der Waals surface area contributed by atoms with E-state index < -0.39 is 21.9 Å². The van der Waals surface area contributed by atoms with Gasteiger partial charge in [0, 0.05) is 28.8 Å². The third-order valence-electron chi connectivity index (χ3n) is 4.27. The Labute approximate surface area is 165 Å². The average Bonchev–Trinajstić information content (AvgIpc) is 3.18. The summed E-state index contributed by atoms with van der Waals surface area (Å²) < 4.78 is 27.4. The second-order valence-electron chi connectivity index (χ2n) is 6.09. The first-order chi connectivity index (χ1) is 12.8. The minimum atomic E-state index is -3.67. The van der Waals surface area contributed by atoms with Gasteiger partial charge in [0.2, 0.25) is 10.0 Å². The molecule has 7 nitrogen and oxygen atoms in total. The molecule has 0 aromatic heterocycles. The van der Waals surface area contributed by atoms with Gasteiger partial charge in [0.25, 0.3) is 5.91 Å². The van der Waals surface area contributed by atoms with Crippen molar-refractivity contribution in [3.8, 4) is 0 Å². The summed E-state index contributed by atoms with van der Waals surface area (Å²) in [7, 11) is -3.67. The highest BCUT2D eigenvalue weighted by atomic mass is 79.9. The van der Waals surface area contributed by atoms with Crippen LogP contribution in [0.4, 0.5) is 5.69 Å². The fourth-order valence-electron chi connectivity index (χ4n) is 2.81. The molecule has 1 fully saturated rings. The van der Waals surface area contributed by atoms with Crippen LogP contribution in [0.25, 0.3) is 0 Å². The van der Waals surface area contributed by atoms with Crippen LogP contribution >= 0.6 is 15.9 Å². The maximum atomic E-state index is 12.8. The second kappa shape index (κ2) is 7.79. The quantitative estimate of drug-likeness (QED) is 0.724. The van der Waals surface area contributed by atoms with Gasteiger partial charge in [-0.25, -0.2) is 13.2 Å². The summed E-state index contributed by atoms with van der Waals surface area (Å²) in [6.07, 6.45) is 1.65. The Hall–Kier alpha value is -2.23. The first-order valence-corrected chi connectivity index (χ1v) is 10.5. The van der Waals surface area contributed by atoms with Gasteiger partial charge in [-0.05, 0) is 71.2 Å². The van der Waals surface area contributed by atoms with E-state index in [-0.39, 0.29) is 16.0 Å². The number of carboxylic acids is 1. The highest BCUT2D eigenvalue weighted by molar-refractivity contribution is 9.10. The Morgan fingerprint density at radius 1 is 1.00 bits per heavy atom. The molecule has 0 bridgehead atoms. The Bertz CT molecular complexity index is 983. The van der Waals surface area contributed by atoms with Gasteiger partial charge in [-0.1, -0.05) is 0 Å². The molecular formula is C18H17BrN2O5S. The molecule has 0 aliphatic carbocycles. The number of carbonyl (C=O) groups is 2. The molecule has 0 atom stereocenters. The van der Waals surface area contributed by atoms with Gasteiger partial charge in [-0.2, -0.15) is 4.31 Å². The lowest BCUT2D eigenvalue weighted by Gasteiger charge is -2.17. The number of hydrogen-bond donors (Lipinski definition) is 2. The molecule has 0 unspecified atom stereocenters. The van der Waals surface area contributed by atoms with Crippen LogP contribution < -0.4 is 5.32 Å². The number of anilines is 1. The van der Waals surface area contributed by atoms with E-state index in [1.54, 1.807) is 0 Å². The van der Waals surface area contributed by atoms with Crippen molar-refractivity contribution in [2.24, 2.45) is 0 Å². The van der Waals surface area contributed by atoms with Crippen LogP contribution in [0.1, 0.15) is 33.6 Å². The summed E-state index contributed by atoms with van der Waals surface area (Å²) in [6.45, 7) is 0.947. The van der Waals surface area contributed by atoms with Gasteiger partial charge in [0.15, 0.2) is 0 Å². The fraction of sp³-hybridized carbons (Fsp3) is 0.222. The Morgan fingerprint density at radius 3 is 2.19 bits per heavy atom. The van der Waals surface area contributed by atoms with Crippen LogP contribution in [0, 0.1) is 0 Å². The predicted molar refractivity (Wildman–Crippen MR) is 103 cm³/mol. The maximum Gasteiger partial charge on any atom is 0.335 e. The van der Waals surface area contributed by atoms with Crippen molar-refractivity contribution >= 4 is 43.5 Å². The van der Waals surface area contributed by atoms with E-state index in [1.165, 1.54) is 46.8 Å². The Kier molecular flexibility index (Phi) is 5.64. The van der Waals surface area contributed by atoms with E-state index in [0.717, 1.165) is 12.8 Å². The Morgan fingerprint density at radius 2 is 1.59 bits per heavy atom. The van der Waals surface area contributed by atoms with E-state index in [4.69, 9.17) is 5.11 Å². The molecule has 0 radical (unpaired) electrons. The number of benzene rings is 2. The Balaban J connectivity index is 1.84. The minimum Gasteiger partial charge on any atom is -0.478 e. The van der Waals surface area contributed by atoms with Crippen LogP contribution in [0.15, 0.2) is 51.8 Å². The van der Waals surface area contributed by atoms with Crippen molar-refractivity contribution < 1.29 is 23.1 Å². The number of hydrogen-bond acceptors (Lipinski definition) is 4. The van der Waals surface area contributed by atoms with Gasteiger partial charge in [-0.3, -0.25) is 4.79 Å². The lowest BCUT2D eigenvalue weighted by Crippen LogP contribution is -2.28. The summed E-state index contributed by atoms with van der Waals surface area (Å²) in [6, 6.07) is 10.1. The smallest absolute Gasteiger partial charge is 0.335 e. The number of amides is 1. The van der Waals surface area contributed by atoms with Crippen molar-refractivity contribution in [1.82, 2.24) is 4.31 Å². The van der Waals surface area contributed by atoms with Crippen LogP contribution in [-0.4, -0.2) is 42.8 Å². The zero-order chi connectivity index (χ0) is 19.6. The van der Waals surface area contributed by atoms with E-state index in [2.05, 4.69) is 21.2 Å². The highest BCUT2D eigenvalue weighted by Gasteiger charge is 2.29. The van der Waals surface area contributed by atoms with Crippen LogP contribution in [0.3, 0.4) is 0 Å². The third kappa shape index (κ3) is 4.20. The van der Waals surface area contributed by atoms with E-state index in [1.807, 2.05) is 0 Å². The summed E-state index contributed by atoms with van der Waals surface area (Å²) in [5.74, 6) is -1.54. The van der Waals surface area contributed by atoms with Crippen LogP contribution in [0.2, 0.25) is 0 Å². The van der Waals surface area contributed by atoms with E-state index in [9.17, 15) is 18.0 Å². The van der Waals surface area contributed by atoms with E-state index >= 15 is 0 Å². The molecule has 1 aliphatic rings. The monoisotopic (exact) mass is 452 g/mol. The molecule has 1 heterocycles. The minimum absolute atomic E-state index is 0.0540. The number of rotatable bonds is 5. The first kappa shape index (κ1) is 19.5. The lowest BCUT2D eigenvalue weighted by molar-refractivity contribution is 0.0696. The first-order valence-electron chi connectivity index (χ1n) is 8.23. The second-order valence-corrected chi connectivity index (χ2v) is 8.85. The number of aromatic carboxylic acids is 1. The van der Waals surface area contributed by atoms with E-state index in [0.29, 0.717) is 23.2 Å². The molecule has 9 heteroatoms. The maximum absolute atomic E-state index is 12.8. The predicted octanol–water partition coefficient (Wildman–Crippen LogP) is 3.18. The number of nitrogens with zero attached hydrogens (tertiary/aromatic N) is 1. The molecule has 2 aromatic carbocycles. The molecule has 1 amide bonds. The largest absolute Gasteiger partial charge is 0.478 e. The SMILES string of the molecule is O=C(O)c1ccc(NC(=O)c2ccc(Br)c(S(=O)(=O)N3CCCC3)c2)cc1. The van der Waals surface area contributed by atoms with Crippen molar-refractivity contribution in [2.75, 3.05) is 18.4 Å². The number of nitrogens with one attached hydrogen (secondary N) is 1. The number of carbonyl (C=O) groups excluding carboxylic acids is 1. The molecule has 142 valence electrons. The van der Waals surface area contributed by atoms with Crippen molar-refractivity contribution in [3.63, 3.8) is 0 Å². The topological polar surface area (TPSA) is 104 Å². The van der Waals surface area contributed by atoms with Gasteiger partial charge in [0.1, 0.15) is 0 Å². The zero-order valence-electron chi connectivity index (χ0n) is 14.2. The number of sulfonamides is 1. The summed E-state index contributed by atoms with van der Waals surface area (Å²) in [5.41, 5.74) is 0.714. The standard InChI is InChI=1S/C18H17BrN2O5S/c19-15-8-5-13(11-16(15)27(25,26)21-9-1-2-10-21)17(22)20-14-6-3-12(4-7-14)18(23)24/h3-8,11H,1-2,9-10H2,(H,20,22)(H,23,24). The molecule has 0 spiro atoms. The summed E-state index contributed by atoms with van der Waals surface area (Å²) >= 11 is 3.26. The number of halogens is 1. The highest BCUT2D eigenvalue weighted by Crippen LogP contribution is 2.28. The summed E-state index contributed by atoms with van der Waals surface area (Å²) in [5, 5.41) is 11.5. The molecule has 0 saturated carbocycles. The molecule has 27 heavy (non-hydrogen) atoms. The molecule has 1 aliphatic heterocycles. The average molecular weight is 453 g/mol. The van der Waals surface area contributed by atoms with Crippen LogP contribution in [-0.2, 0) is 10.0 Å². The van der Waals surface area contributed by atoms with Crippen molar-refractivity contribution in [1.29, 1.82) is 0 Å². The summed E-state index contributed by atoms with van der Waals surface area (Å²) in [4.78, 5) is 23.4. The normalized spacial score (nSPS) is 14.9. The van der Waals surface area contributed by atoms with Gasteiger partial charge in [-0.15, -0.1) is 0 Å². The number of carboxylic acid groups (broad SMARTS) is 1. The third-order valence-corrected chi connectivity index (χ3v) is 7.16. The lowest BCUT2D eigenvalue weighted by atomic mass is 10.2. The van der Waals surface area contributed by atoms with Crippen LogP contribution in [0.5, 0.6) is 0 Å². The molecular weight excluding hydrogens is 436 g/mol. The zero-order valence-corrected chi connectivity index (χ0v) is 16.6. The fourth-order valence-corrected chi connectivity index (χ4v) is 5.28. The van der Waals surface area contributed by atoms with Gasteiger partial charge in [0.05, 0.1) is 10.5 Å². The van der Waals surface area contributed by atoms with Crippen molar-refractivity contribution in [2.45, 2.75) is 17.7 Å². The molecule has 2 aromatic rings. The molecule has 3 rings (SSSR count).